The van der Waals surface area contributed by atoms with Crippen molar-refractivity contribution in [1.82, 2.24) is 25.4 Å². The fourth-order valence-corrected chi connectivity index (χ4v) is 8.96. The molecule has 7 rings (SSSR count). The Bertz CT molecular complexity index is 2700. The zero-order valence-corrected chi connectivity index (χ0v) is 40.3. The van der Waals surface area contributed by atoms with Crippen molar-refractivity contribution in [3.63, 3.8) is 0 Å². The molecule has 0 spiro atoms. The number of aliphatic hydroxyl groups is 1. The van der Waals surface area contributed by atoms with Gasteiger partial charge in [-0.25, -0.2) is 4.39 Å². The molecule has 6 N–H and O–H groups in total. The Balaban J connectivity index is 0.824. The van der Waals surface area contributed by atoms with Gasteiger partial charge >= 0.3 is 6.18 Å². The van der Waals surface area contributed by atoms with Crippen molar-refractivity contribution >= 4 is 45.7 Å². The molecule has 0 bridgehead atoms. The Hall–Kier alpha value is -6.97. The monoisotopic (exact) mass is 982 g/mol. The predicted molar refractivity (Wildman–Crippen MR) is 267 cm³/mol. The molecule has 378 valence electrons. The molecule has 3 amide bonds. The Morgan fingerprint density at radius 2 is 1.77 bits per heavy atom. The van der Waals surface area contributed by atoms with Crippen molar-refractivity contribution in [1.29, 1.82) is 0 Å². The minimum absolute atomic E-state index is 0.0386. The van der Waals surface area contributed by atoms with Gasteiger partial charge in [-0.05, 0) is 97.3 Å². The van der Waals surface area contributed by atoms with Gasteiger partial charge in [0.2, 0.25) is 11.8 Å². The summed E-state index contributed by atoms with van der Waals surface area (Å²) in [4.78, 5) is 40.9. The number of amides is 3. The quantitative estimate of drug-likeness (QED) is 0.0296. The lowest BCUT2D eigenvalue weighted by atomic mass is 10.0. The molecule has 2 aliphatic heterocycles. The number of hydrogen-bond donors (Lipinski definition) is 6. The summed E-state index contributed by atoms with van der Waals surface area (Å²) in [5.41, 5.74) is 5.82. The number of fused-ring (bicyclic) bond motifs is 2. The lowest BCUT2D eigenvalue weighted by molar-refractivity contribution is -0.140. The normalized spacial score (nSPS) is 17.2. The fourth-order valence-electron chi connectivity index (χ4n) is 8.96. The van der Waals surface area contributed by atoms with Gasteiger partial charge in [-0.2, -0.15) is 13.2 Å². The van der Waals surface area contributed by atoms with Crippen molar-refractivity contribution in [3.8, 4) is 23.3 Å². The topological polar surface area (TPSA) is 161 Å². The van der Waals surface area contributed by atoms with Crippen molar-refractivity contribution in [2.45, 2.75) is 82.7 Å². The summed E-state index contributed by atoms with van der Waals surface area (Å²) in [5, 5.41) is 25.0. The predicted octanol–water partition coefficient (Wildman–Crippen LogP) is 6.78. The van der Waals surface area contributed by atoms with Crippen LogP contribution in [-0.2, 0) is 35.7 Å². The molecule has 3 atom stereocenters. The van der Waals surface area contributed by atoms with Gasteiger partial charge in [-0.15, -0.1) is 0 Å². The van der Waals surface area contributed by atoms with Crippen LogP contribution in [0.5, 0.6) is 11.5 Å². The number of nitrogens with one attached hydrogen (secondary N) is 5. The van der Waals surface area contributed by atoms with Crippen LogP contribution in [0, 0.1) is 11.8 Å². The Labute approximate surface area is 411 Å². The summed E-state index contributed by atoms with van der Waals surface area (Å²) in [6.07, 6.45) is -1.98. The number of piperidine rings is 1. The van der Waals surface area contributed by atoms with Crippen LogP contribution in [0.2, 0.25) is 0 Å². The lowest BCUT2D eigenvalue weighted by Crippen LogP contribution is -2.48. The second-order valence-electron chi connectivity index (χ2n) is 18.0. The number of halogens is 4. The highest BCUT2D eigenvalue weighted by Crippen LogP contribution is 2.33. The van der Waals surface area contributed by atoms with Gasteiger partial charge in [0.25, 0.3) is 5.91 Å². The fraction of sp³-hybridized carbons (Fsp3) is 0.415. The van der Waals surface area contributed by atoms with Gasteiger partial charge in [0.15, 0.2) is 0 Å². The molecule has 4 aromatic carbocycles. The SMILES string of the molecule is CNC(=O)c1ccc(NCC#Cc2cc3c(NC4CCN(CCCCCC(=O)NCc5ccc(COc6ccc7c(c6)N(C)CC(=O)NC(CO)C7)cc5)CC4F)cccc3n2CC(F)(F)F)c(OC)c1. The number of likely N-dealkylation sites (N-methyl/N-ethyl adjacent to an activating group) is 1. The minimum atomic E-state index is -4.51. The van der Waals surface area contributed by atoms with E-state index in [9.17, 15) is 32.7 Å². The number of aliphatic hydroxyl groups excluding tert-OH is 1. The number of ether oxygens (including phenoxy) is 2. The van der Waals surface area contributed by atoms with Gasteiger partial charge in [0, 0.05) is 68.5 Å². The first-order valence-corrected chi connectivity index (χ1v) is 23.9. The first-order valence-electron chi connectivity index (χ1n) is 23.9. The Kier molecular flexibility index (Phi) is 17.7. The number of benzene rings is 4. The minimum Gasteiger partial charge on any atom is -0.495 e. The number of nitrogens with zero attached hydrogens (tertiary/aromatic N) is 3. The maximum absolute atomic E-state index is 15.7. The molecule has 14 nitrogen and oxygen atoms in total. The average Bonchev–Trinajstić information content (AvgIpc) is 3.70. The summed E-state index contributed by atoms with van der Waals surface area (Å²) < 4.78 is 69.9. The van der Waals surface area contributed by atoms with Gasteiger partial charge in [-0.3, -0.25) is 14.4 Å². The first kappa shape index (κ1) is 51.9. The standard InChI is InChI=1S/C53H62F4N8O6/c1-58-52(69)38-18-20-46(49(26-38)70-3)59-22-8-9-40-27-42-44(10-7-11-47(42)65(40)34-53(55,56)57)62-45-21-24-64(30-43(45)54)23-6-4-5-12-50(67)60-29-35-13-15-36(16-14-35)33-71-41-19-17-37-25-39(32-66)61-51(68)31-63(2)48(37)28-41/h7,10-11,13-20,26-28,39,43,45,59,62,66H,4-6,12,21-25,29-34H2,1-3H3,(H,58,69)(H,60,67)(H,61,68). The third kappa shape index (κ3) is 14.3. The number of rotatable bonds is 19. The molecule has 0 saturated carbocycles. The molecule has 1 saturated heterocycles. The highest BCUT2D eigenvalue weighted by Gasteiger charge is 2.32. The van der Waals surface area contributed by atoms with E-state index < -0.39 is 24.9 Å². The lowest BCUT2D eigenvalue weighted by Gasteiger charge is -2.35. The van der Waals surface area contributed by atoms with E-state index >= 15 is 4.39 Å². The molecule has 18 heteroatoms. The van der Waals surface area contributed by atoms with Crippen LogP contribution in [0.4, 0.5) is 34.6 Å². The smallest absolute Gasteiger partial charge is 0.406 e. The third-order valence-corrected chi connectivity index (χ3v) is 12.7. The second kappa shape index (κ2) is 24.2. The van der Waals surface area contributed by atoms with Crippen molar-refractivity contribution < 1.29 is 46.5 Å². The zero-order valence-electron chi connectivity index (χ0n) is 40.3. The number of carbonyl (C=O) groups excluding carboxylic acids is 3. The highest BCUT2D eigenvalue weighted by atomic mass is 19.4. The van der Waals surface area contributed by atoms with Crippen molar-refractivity contribution in [2.24, 2.45) is 0 Å². The summed E-state index contributed by atoms with van der Waals surface area (Å²) in [6, 6.07) is 24.2. The van der Waals surface area contributed by atoms with Crippen molar-refractivity contribution in [3.05, 3.63) is 113 Å². The molecule has 1 fully saturated rings. The molecule has 3 unspecified atom stereocenters. The van der Waals surface area contributed by atoms with Gasteiger partial charge < -0.3 is 55.5 Å². The number of anilines is 3. The number of hydrogen-bond acceptors (Lipinski definition) is 10. The third-order valence-electron chi connectivity index (χ3n) is 12.7. The number of likely N-dealkylation sites (tertiary alicyclic amines) is 1. The molecule has 1 aromatic heterocycles. The molecule has 0 radical (unpaired) electrons. The average molecular weight is 983 g/mol. The van der Waals surface area contributed by atoms with E-state index in [1.165, 1.54) is 14.2 Å². The van der Waals surface area contributed by atoms with E-state index in [2.05, 4.69) is 43.3 Å². The molecular weight excluding hydrogens is 921 g/mol. The van der Waals surface area contributed by atoms with E-state index in [4.69, 9.17) is 9.47 Å². The maximum Gasteiger partial charge on any atom is 0.406 e. The molecule has 2 aliphatic rings. The molecule has 71 heavy (non-hydrogen) atoms. The van der Waals surface area contributed by atoms with Crippen LogP contribution in [0.15, 0.2) is 84.9 Å². The van der Waals surface area contributed by atoms with E-state index in [-0.39, 0.29) is 55.7 Å². The highest BCUT2D eigenvalue weighted by molar-refractivity contribution is 5.95. The number of methoxy groups -OCH3 is 1. The van der Waals surface area contributed by atoms with Gasteiger partial charge in [-0.1, -0.05) is 48.7 Å². The van der Waals surface area contributed by atoms with Crippen LogP contribution in [-0.4, -0.2) is 117 Å². The summed E-state index contributed by atoms with van der Waals surface area (Å²) in [7, 11) is 4.84. The van der Waals surface area contributed by atoms with Crippen LogP contribution in [0.1, 0.15) is 64.8 Å². The molecule has 5 aromatic rings. The van der Waals surface area contributed by atoms with Gasteiger partial charge in [0.05, 0.1) is 55.8 Å². The molecule has 0 aliphatic carbocycles. The molecular formula is C53H62F4N8O6. The van der Waals surface area contributed by atoms with Crippen molar-refractivity contribution in [2.75, 3.05) is 76.1 Å². The van der Waals surface area contributed by atoms with Gasteiger partial charge in [0.1, 0.15) is 30.8 Å². The summed E-state index contributed by atoms with van der Waals surface area (Å²) in [5.74, 6) is 6.41. The van der Waals surface area contributed by atoms with E-state index in [1.807, 2.05) is 54.4 Å². The van der Waals surface area contributed by atoms with E-state index in [0.29, 0.717) is 91.3 Å². The number of carbonyl (C=O) groups is 3. The van der Waals surface area contributed by atoms with Crippen LogP contribution in [0.3, 0.4) is 0 Å². The Morgan fingerprint density at radius 3 is 2.52 bits per heavy atom. The summed E-state index contributed by atoms with van der Waals surface area (Å²) >= 11 is 0. The zero-order chi connectivity index (χ0) is 50.5. The van der Waals surface area contributed by atoms with E-state index in [1.54, 1.807) is 42.5 Å². The number of aromatic nitrogens is 1. The molecule has 3 heterocycles. The van der Waals surface area contributed by atoms with Crippen LogP contribution >= 0.6 is 0 Å². The summed E-state index contributed by atoms with van der Waals surface area (Å²) in [6.45, 7) is 1.18. The largest absolute Gasteiger partial charge is 0.495 e. The number of unbranched alkanes of at least 4 members (excludes halogenated alkanes) is 2. The van der Waals surface area contributed by atoms with Crippen LogP contribution < -0.4 is 41.0 Å². The van der Waals surface area contributed by atoms with Crippen LogP contribution in [0.25, 0.3) is 10.9 Å². The number of alkyl halides is 4. The second-order valence-corrected chi connectivity index (χ2v) is 18.0. The van der Waals surface area contributed by atoms with E-state index in [0.717, 1.165) is 39.8 Å². The first-order chi connectivity index (χ1) is 34.2. The maximum atomic E-state index is 15.7. The Morgan fingerprint density at radius 1 is 0.972 bits per heavy atom.